The zero-order chi connectivity index (χ0) is 34.5. The number of ketones is 2. The van der Waals surface area contributed by atoms with Crippen LogP contribution in [0.1, 0.15) is 72.5 Å². The van der Waals surface area contributed by atoms with Gasteiger partial charge in [-0.2, -0.15) is 9.13 Å². The van der Waals surface area contributed by atoms with Crippen LogP contribution in [0.2, 0.25) is 0 Å². The van der Waals surface area contributed by atoms with Crippen LogP contribution >= 0.6 is 22.7 Å². The molecule has 2 aliphatic carbocycles. The topological polar surface area (TPSA) is 88.0 Å². The molecule has 0 saturated heterocycles. The Balaban J connectivity index is 1.02. The Morgan fingerprint density at radius 1 is 0.540 bits per heavy atom. The lowest BCUT2D eigenvalue weighted by Gasteiger charge is -2.34. The van der Waals surface area contributed by atoms with Gasteiger partial charge >= 0.3 is 0 Å². The van der Waals surface area contributed by atoms with E-state index in [0.29, 0.717) is 11.1 Å². The molecule has 0 amide bonds. The summed E-state index contributed by atoms with van der Waals surface area (Å²) in [7, 11) is 0. The molecule has 2 heterocycles. The number of hydrogen-bond donors (Lipinski definition) is 0. The van der Waals surface area contributed by atoms with Crippen molar-refractivity contribution >= 4 is 65.8 Å². The van der Waals surface area contributed by atoms with E-state index in [-0.39, 0.29) is 34.2 Å². The summed E-state index contributed by atoms with van der Waals surface area (Å²) in [6.45, 7) is 5.84. The summed E-state index contributed by atoms with van der Waals surface area (Å²) in [6, 6.07) is 31.1. The average molecular weight is 697 g/mol. The van der Waals surface area contributed by atoms with Gasteiger partial charge < -0.3 is 10.2 Å². The number of nitrogens with zero attached hydrogens (tertiary/aromatic N) is 2. The van der Waals surface area contributed by atoms with Crippen LogP contribution in [0, 0.1) is 0 Å². The van der Waals surface area contributed by atoms with Crippen molar-refractivity contribution in [1.29, 1.82) is 0 Å². The van der Waals surface area contributed by atoms with Gasteiger partial charge in [-0.05, 0) is 34.4 Å². The predicted octanol–water partition coefficient (Wildman–Crippen LogP) is 6.83. The molecule has 250 valence electrons. The third kappa shape index (κ3) is 5.20. The molecule has 0 spiro atoms. The number of fused-ring (bicyclic) bond motifs is 2. The van der Waals surface area contributed by atoms with Crippen LogP contribution < -0.4 is 19.3 Å². The van der Waals surface area contributed by atoms with E-state index in [2.05, 4.69) is 35.1 Å². The molecule has 0 bridgehead atoms. The molecule has 8 heteroatoms. The van der Waals surface area contributed by atoms with Crippen molar-refractivity contribution in [1.82, 2.24) is 0 Å². The van der Waals surface area contributed by atoms with Gasteiger partial charge in [0.1, 0.15) is 34.3 Å². The zero-order valence-corrected chi connectivity index (χ0v) is 29.6. The van der Waals surface area contributed by atoms with Crippen molar-refractivity contribution in [3.8, 4) is 11.1 Å². The Bertz CT molecular complexity index is 2200. The van der Waals surface area contributed by atoms with Crippen molar-refractivity contribution in [2.45, 2.75) is 64.5 Å². The maximum atomic E-state index is 13.5. The van der Waals surface area contributed by atoms with E-state index in [1.165, 1.54) is 22.7 Å². The van der Waals surface area contributed by atoms with Crippen molar-refractivity contribution < 1.29 is 28.9 Å². The molecule has 6 nitrogen and oxygen atoms in total. The maximum Gasteiger partial charge on any atom is 0.252 e. The first-order valence-electron chi connectivity index (χ1n) is 17.4. The SMILES string of the molecule is CCCC[n+]1c(C2C(=O)C(c3ccc(-c4ccc(C5=C([O-])C(c6sc7ccccc7[n+]6CCCC)C5=O)cc4)cc3)=C2[O-])sc2ccccc21. The quantitative estimate of drug-likeness (QED) is 0.139. The van der Waals surface area contributed by atoms with Gasteiger partial charge in [0.25, 0.3) is 10.0 Å². The number of Topliss-reactive ketones (excluding diaryl/α,β-unsaturated/α-hetero) is 2. The fourth-order valence-electron chi connectivity index (χ4n) is 7.21. The highest BCUT2D eigenvalue weighted by atomic mass is 32.1. The van der Waals surface area contributed by atoms with Crippen molar-refractivity contribution in [3.05, 3.63) is 130 Å². The number of carbonyl (C=O) groups is 2. The molecule has 4 aromatic carbocycles. The summed E-state index contributed by atoms with van der Waals surface area (Å²) in [4.78, 5) is 27.0. The first-order chi connectivity index (χ1) is 24.4. The molecule has 2 aromatic heterocycles. The lowest BCUT2D eigenvalue weighted by molar-refractivity contribution is -0.675. The van der Waals surface area contributed by atoms with Gasteiger partial charge in [-0.1, -0.05) is 134 Å². The van der Waals surface area contributed by atoms with Gasteiger partial charge in [0.05, 0.1) is 0 Å². The summed E-state index contributed by atoms with van der Waals surface area (Å²) in [5.41, 5.74) is 5.75. The van der Waals surface area contributed by atoms with E-state index in [4.69, 9.17) is 0 Å². The fourth-order valence-corrected chi connectivity index (χ4v) is 9.78. The van der Waals surface area contributed by atoms with Crippen LogP contribution in [0.4, 0.5) is 0 Å². The van der Waals surface area contributed by atoms with Crippen LogP contribution in [-0.4, -0.2) is 11.6 Å². The predicted molar refractivity (Wildman–Crippen MR) is 195 cm³/mol. The second kappa shape index (κ2) is 13.1. The van der Waals surface area contributed by atoms with Gasteiger partial charge in [-0.25, -0.2) is 0 Å². The number of rotatable bonds is 11. The molecule has 6 aromatic rings. The largest absolute Gasteiger partial charge is 0.874 e. The number of thiazole rings is 2. The van der Waals surface area contributed by atoms with Crippen LogP contribution in [0.3, 0.4) is 0 Å². The third-order valence-electron chi connectivity index (χ3n) is 9.95. The van der Waals surface area contributed by atoms with E-state index in [1.54, 1.807) is 0 Å². The molecule has 8 rings (SSSR count). The average Bonchev–Trinajstić information content (AvgIpc) is 3.67. The fraction of sp³-hybridized carbons (Fsp3) is 0.238. The van der Waals surface area contributed by atoms with Crippen LogP contribution in [0.5, 0.6) is 0 Å². The van der Waals surface area contributed by atoms with E-state index >= 15 is 0 Å². The summed E-state index contributed by atoms with van der Waals surface area (Å²) in [5.74, 6) is -2.00. The number of benzene rings is 4. The Morgan fingerprint density at radius 2 is 0.900 bits per heavy atom. The number of allylic oxidation sites excluding steroid dienone is 4. The lowest BCUT2D eigenvalue weighted by atomic mass is 9.78. The molecule has 0 N–H and O–H groups in total. The maximum absolute atomic E-state index is 13.5. The Kier molecular flexibility index (Phi) is 8.45. The first kappa shape index (κ1) is 32.3. The smallest absolute Gasteiger partial charge is 0.252 e. The van der Waals surface area contributed by atoms with E-state index in [9.17, 15) is 19.8 Å². The number of aryl methyl sites for hydroxylation is 2. The minimum absolute atomic E-state index is 0.124. The summed E-state index contributed by atoms with van der Waals surface area (Å²) in [6.07, 6.45) is 4.01. The van der Waals surface area contributed by atoms with E-state index in [0.717, 1.165) is 80.3 Å². The zero-order valence-electron chi connectivity index (χ0n) is 28.0. The number of hydrogen-bond acceptors (Lipinski definition) is 6. The monoisotopic (exact) mass is 696 g/mol. The molecule has 0 saturated carbocycles. The molecule has 2 aliphatic rings. The first-order valence-corrected chi connectivity index (χ1v) is 19.0. The summed E-state index contributed by atoms with van der Waals surface area (Å²) < 4.78 is 6.48. The molecule has 2 atom stereocenters. The standard InChI is InChI=1S/C42H36N2O4S2/c1-3-5-23-43-29-11-7-9-13-31(29)49-41(43)35-37(45)33(38(35)46)27-19-15-25(16-20-27)26-17-21-28(22-18-26)34-39(47)36(40(34)48)42-44(24-6-4-2)30-12-8-10-14-32(30)50-42/h7-22,35-36H,3-6,23-24H2,1-2H3. The molecule has 0 radical (unpaired) electrons. The van der Waals surface area contributed by atoms with Crippen LogP contribution in [0.25, 0.3) is 42.7 Å². The van der Waals surface area contributed by atoms with Crippen LogP contribution in [-0.2, 0) is 22.7 Å². The van der Waals surface area contributed by atoms with Gasteiger partial charge in [-0.15, -0.1) is 0 Å². The molecule has 0 aliphatic heterocycles. The Morgan fingerprint density at radius 3 is 1.26 bits per heavy atom. The molecular formula is C42H36N2O4S2. The minimum Gasteiger partial charge on any atom is -0.874 e. The summed E-state index contributed by atoms with van der Waals surface area (Å²) in [5, 5.41) is 28.7. The van der Waals surface area contributed by atoms with Crippen molar-refractivity contribution in [2.24, 2.45) is 0 Å². The second-order valence-electron chi connectivity index (χ2n) is 13.1. The third-order valence-corrected chi connectivity index (χ3v) is 12.4. The van der Waals surface area contributed by atoms with Crippen molar-refractivity contribution in [3.63, 3.8) is 0 Å². The molecule has 50 heavy (non-hydrogen) atoms. The van der Waals surface area contributed by atoms with Gasteiger partial charge in [0.15, 0.2) is 11.6 Å². The highest BCUT2D eigenvalue weighted by Crippen LogP contribution is 2.45. The van der Waals surface area contributed by atoms with Crippen LogP contribution in [0.15, 0.2) is 109 Å². The Hall–Kier alpha value is -4.92. The van der Waals surface area contributed by atoms with Gasteiger partial charge in [0.2, 0.25) is 11.0 Å². The van der Waals surface area contributed by atoms with E-state index in [1.807, 2.05) is 84.9 Å². The summed E-state index contributed by atoms with van der Waals surface area (Å²) >= 11 is 3.08. The molecular weight excluding hydrogens is 661 g/mol. The van der Waals surface area contributed by atoms with E-state index < -0.39 is 11.8 Å². The molecule has 2 unspecified atom stereocenters. The highest BCUT2D eigenvalue weighted by Gasteiger charge is 2.44. The second-order valence-corrected chi connectivity index (χ2v) is 15.2. The van der Waals surface area contributed by atoms with Gasteiger partial charge in [-0.3, -0.25) is 9.59 Å². The number of aromatic nitrogens is 2. The highest BCUT2D eigenvalue weighted by molar-refractivity contribution is 7.18. The normalized spacial score (nSPS) is 17.6. The van der Waals surface area contributed by atoms with Crippen molar-refractivity contribution in [2.75, 3.05) is 0 Å². The van der Waals surface area contributed by atoms with Gasteiger partial charge in [0, 0.05) is 36.1 Å². The molecule has 0 fully saturated rings. The Labute approximate surface area is 298 Å². The number of para-hydroxylation sites is 2. The lowest BCUT2D eigenvalue weighted by Crippen LogP contribution is -2.44. The number of unbranched alkanes of at least 4 members (excludes halogenated alkanes) is 2. The number of carbonyl (C=O) groups excluding carboxylic acids is 2. The minimum atomic E-state index is -0.749.